The highest BCUT2D eigenvalue weighted by atomic mass is 32.2. The van der Waals surface area contributed by atoms with Gasteiger partial charge in [0.05, 0.1) is 18.8 Å². The summed E-state index contributed by atoms with van der Waals surface area (Å²) in [6.45, 7) is 5.54. The number of hydrogen-bond acceptors (Lipinski definition) is 5. The highest BCUT2D eigenvalue weighted by Gasteiger charge is 2.33. The summed E-state index contributed by atoms with van der Waals surface area (Å²) in [5, 5.41) is 9.85. The molecule has 0 saturated carbocycles. The number of aromatic nitrogens is 2. The van der Waals surface area contributed by atoms with E-state index in [9.17, 15) is 8.42 Å². The van der Waals surface area contributed by atoms with Crippen LogP contribution in [0.25, 0.3) is 0 Å². The van der Waals surface area contributed by atoms with Crippen LogP contribution >= 0.6 is 0 Å². The van der Waals surface area contributed by atoms with E-state index in [1.807, 2.05) is 13.8 Å². The lowest BCUT2D eigenvalue weighted by atomic mass is 10.3. The van der Waals surface area contributed by atoms with Crippen LogP contribution in [0.4, 0.5) is 0 Å². The van der Waals surface area contributed by atoms with Gasteiger partial charge in [-0.05, 0) is 6.42 Å². The van der Waals surface area contributed by atoms with Gasteiger partial charge in [-0.1, -0.05) is 13.8 Å². The van der Waals surface area contributed by atoms with Crippen molar-refractivity contribution in [1.82, 2.24) is 19.8 Å². The van der Waals surface area contributed by atoms with Gasteiger partial charge in [-0.2, -0.15) is 9.40 Å². The number of aromatic amines is 1. The molecule has 1 atom stereocenters. The first-order valence-electron chi connectivity index (χ1n) is 6.74. The van der Waals surface area contributed by atoms with Crippen LogP contribution in [0, 0.1) is 0 Å². The van der Waals surface area contributed by atoms with E-state index in [2.05, 4.69) is 15.5 Å². The topological polar surface area (TPSA) is 87.3 Å². The third kappa shape index (κ3) is 3.20. The summed E-state index contributed by atoms with van der Waals surface area (Å²) in [5.74, 6) is 0. The zero-order chi connectivity index (χ0) is 14.8. The van der Waals surface area contributed by atoms with Crippen LogP contribution in [0.5, 0.6) is 0 Å². The van der Waals surface area contributed by atoms with Crippen molar-refractivity contribution in [3.8, 4) is 0 Å². The molecule has 1 aliphatic rings. The third-order valence-electron chi connectivity index (χ3n) is 3.44. The molecular weight excluding hydrogens is 280 g/mol. The molecule has 7 nitrogen and oxygen atoms in total. The van der Waals surface area contributed by atoms with Gasteiger partial charge in [0.15, 0.2) is 5.03 Å². The average Bonchev–Trinajstić information content (AvgIpc) is 3.06. The van der Waals surface area contributed by atoms with Crippen LogP contribution in [0.2, 0.25) is 0 Å². The molecule has 0 radical (unpaired) electrons. The van der Waals surface area contributed by atoms with Crippen molar-refractivity contribution in [2.24, 2.45) is 0 Å². The quantitative estimate of drug-likeness (QED) is 0.790. The Morgan fingerprint density at radius 1 is 1.60 bits per heavy atom. The fourth-order valence-corrected chi connectivity index (χ4v) is 3.58. The van der Waals surface area contributed by atoms with Gasteiger partial charge in [-0.15, -0.1) is 0 Å². The highest BCUT2D eigenvalue weighted by molar-refractivity contribution is 7.89. The molecule has 0 aliphatic carbocycles. The number of likely N-dealkylation sites (N-methyl/N-ethyl adjacent to an activating group) is 1. The van der Waals surface area contributed by atoms with E-state index in [0.717, 1.165) is 6.42 Å². The fourth-order valence-electron chi connectivity index (χ4n) is 2.11. The van der Waals surface area contributed by atoms with Crippen LogP contribution in [-0.2, 0) is 21.3 Å². The Morgan fingerprint density at radius 2 is 2.35 bits per heavy atom. The average molecular weight is 302 g/mol. The van der Waals surface area contributed by atoms with Crippen molar-refractivity contribution in [2.75, 3.05) is 20.3 Å². The molecular formula is C12H22N4O3S. The number of H-pyrrole nitrogens is 1. The summed E-state index contributed by atoms with van der Waals surface area (Å²) in [6.07, 6.45) is 2.28. The first-order chi connectivity index (χ1) is 9.43. The lowest BCUT2D eigenvalue weighted by Crippen LogP contribution is -2.38. The molecule has 0 aromatic carbocycles. The normalized spacial score (nSPS) is 20.1. The SMILES string of the molecule is CC(C)NCc1cn[nH]c1S(=O)(=O)N(C)C1CCOC1. The third-order valence-corrected chi connectivity index (χ3v) is 5.36. The number of hydrogen-bond donors (Lipinski definition) is 2. The molecule has 1 aromatic rings. The Labute approximate surface area is 119 Å². The van der Waals surface area contributed by atoms with Crippen LogP contribution < -0.4 is 5.32 Å². The lowest BCUT2D eigenvalue weighted by molar-refractivity contribution is 0.180. The Bertz CT molecular complexity index is 535. The summed E-state index contributed by atoms with van der Waals surface area (Å²) in [5.41, 5.74) is 0.657. The summed E-state index contributed by atoms with van der Waals surface area (Å²) in [4.78, 5) is 0. The number of sulfonamides is 1. The molecule has 1 unspecified atom stereocenters. The zero-order valence-corrected chi connectivity index (χ0v) is 12.9. The summed E-state index contributed by atoms with van der Waals surface area (Å²) >= 11 is 0. The highest BCUT2D eigenvalue weighted by Crippen LogP contribution is 2.21. The molecule has 20 heavy (non-hydrogen) atoms. The second-order valence-electron chi connectivity index (χ2n) is 5.30. The first-order valence-corrected chi connectivity index (χ1v) is 8.18. The molecule has 2 rings (SSSR count). The molecule has 2 heterocycles. The molecule has 1 aliphatic heterocycles. The molecule has 0 bridgehead atoms. The number of nitrogens with zero attached hydrogens (tertiary/aromatic N) is 2. The van der Waals surface area contributed by atoms with Gasteiger partial charge in [0, 0.05) is 31.8 Å². The molecule has 0 amide bonds. The second kappa shape index (κ2) is 6.21. The van der Waals surface area contributed by atoms with Gasteiger partial charge in [0.1, 0.15) is 0 Å². The van der Waals surface area contributed by atoms with E-state index in [0.29, 0.717) is 25.3 Å². The Morgan fingerprint density at radius 3 is 2.95 bits per heavy atom. The Kier molecular flexibility index (Phi) is 4.79. The Balaban J connectivity index is 2.18. The van der Waals surface area contributed by atoms with Crippen LogP contribution in [0.15, 0.2) is 11.2 Å². The van der Waals surface area contributed by atoms with Gasteiger partial charge in [-0.3, -0.25) is 5.10 Å². The second-order valence-corrected chi connectivity index (χ2v) is 7.23. The van der Waals surface area contributed by atoms with Gasteiger partial charge >= 0.3 is 0 Å². The maximum absolute atomic E-state index is 12.6. The molecule has 8 heteroatoms. The molecule has 1 aromatic heterocycles. The van der Waals surface area contributed by atoms with Gasteiger partial charge in [0.2, 0.25) is 0 Å². The molecule has 2 N–H and O–H groups in total. The van der Waals surface area contributed by atoms with E-state index in [1.54, 1.807) is 13.2 Å². The minimum Gasteiger partial charge on any atom is -0.380 e. The molecule has 1 saturated heterocycles. The van der Waals surface area contributed by atoms with Crippen molar-refractivity contribution in [3.63, 3.8) is 0 Å². The summed E-state index contributed by atoms with van der Waals surface area (Å²) in [6, 6.07) is 0.177. The maximum Gasteiger partial charge on any atom is 0.260 e. The van der Waals surface area contributed by atoms with Gasteiger partial charge in [0.25, 0.3) is 10.0 Å². The van der Waals surface area contributed by atoms with Crippen LogP contribution in [0.3, 0.4) is 0 Å². The van der Waals surface area contributed by atoms with E-state index >= 15 is 0 Å². The van der Waals surface area contributed by atoms with Gasteiger partial charge < -0.3 is 10.1 Å². The lowest BCUT2D eigenvalue weighted by Gasteiger charge is -2.22. The fraction of sp³-hybridized carbons (Fsp3) is 0.750. The monoisotopic (exact) mass is 302 g/mol. The summed E-state index contributed by atoms with van der Waals surface area (Å²) < 4.78 is 31.9. The van der Waals surface area contributed by atoms with Crippen molar-refractivity contribution in [1.29, 1.82) is 0 Å². The molecule has 0 spiro atoms. The predicted octanol–water partition coefficient (Wildman–Crippen LogP) is 0.317. The maximum atomic E-state index is 12.6. The van der Waals surface area contributed by atoms with Crippen molar-refractivity contribution in [3.05, 3.63) is 11.8 Å². The smallest absolute Gasteiger partial charge is 0.260 e. The van der Waals surface area contributed by atoms with Crippen molar-refractivity contribution >= 4 is 10.0 Å². The van der Waals surface area contributed by atoms with E-state index in [4.69, 9.17) is 4.74 Å². The molecule has 114 valence electrons. The van der Waals surface area contributed by atoms with Crippen molar-refractivity contribution in [2.45, 2.75) is 43.9 Å². The van der Waals surface area contributed by atoms with E-state index in [-0.39, 0.29) is 17.1 Å². The largest absolute Gasteiger partial charge is 0.380 e. The summed E-state index contributed by atoms with van der Waals surface area (Å²) in [7, 11) is -1.97. The first kappa shape index (κ1) is 15.4. The zero-order valence-electron chi connectivity index (χ0n) is 12.1. The van der Waals surface area contributed by atoms with Crippen LogP contribution in [0.1, 0.15) is 25.8 Å². The van der Waals surface area contributed by atoms with E-state index < -0.39 is 10.0 Å². The number of ether oxygens (including phenoxy) is 1. The van der Waals surface area contributed by atoms with Gasteiger partial charge in [-0.25, -0.2) is 8.42 Å². The standard InChI is InChI=1S/C12H22N4O3S/c1-9(2)13-6-10-7-14-15-12(10)20(17,18)16(3)11-4-5-19-8-11/h7,9,11,13H,4-6,8H2,1-3H3,(H,14,15). The minimum atomic E-state index is -3.56. The van der Waals surface area contributed by atoms with Crippen molar-refractivity contribution < 1.29 is 13.2 Å². The van der Waals surface area contributed by atoms with E-state index in [1.165, 1.54) is 4.31 Å². The minimum absolute atomic E-state index is 0.103. The predicted molar refractivity (Wildman–Crippen MR) is 74.7 cm³/mol. The Hall–Kier alpha value is -0.960. The number of rotatable bonds is 6. The molecule has 1 fully saturated rings. The number of nitrogens with one attached hydrogen (secondary N) is 2. The van der Waals surface area contributed by atoms with Crippen LogP contribution in [-0.4, -0.2) is 55.3 Å².